The lowest BCUT2D eigenvalue weighted by atomic mass is 10.1. The molecule has 5 heteroatoms. The molecule has 0 radical (unpaired) electrons. The lowest BCUT2D eigenvalue weighted by Gasteiger charge is -2.18. The molecule has 1 aromatic heterocycles. The minimum atomic E-state index is -0.676. The summed E-state index contributed by atoms with van der Waals surface area (Å²) in [7, 11) is 0. The van der Waals surface area contributed by atoms with E-state index >= 15 is 0 Å². The highest BCUT2D eigenvalue weighted by Gasteiger charge is 2.11. The number of hydrogen-bond donors (Lipinski definition) is 2. The van der Waals surface area contributed by atoms with Crippen molar-refractivity contribution >= 4 is 0 Å². The highest BCUT2D eigenvalue weighted by molar-refractivity contribution is 5.37. The van der Waals surface area contributed by atoms with E-state index in [-0.39, 0.29) is 11.9 Å². The Labute approximate surface area is 140 Å². The number of nitrogens with zero attached hydrogens (tertiary/aromatic N) is 2. The maximum atomic E-state index is 12.9. The first-order valence-electron chi connectivity index (χ1n) is 7.88. The van der Waals surface area contributed by atoms with Crippen molar-refractivity contribution in [1.82, 2.24) is 14.9 Å². The molecular formula is C19H20FN3O. The van der Waals surface area contributed by atoms with Gasteiger partial charge in [-0.05, 0) is 42.3 Å². The van der Waals surface area contributed by atoms with Crippen LogP contribution >= 0.6 is 0 Å². The summed E-state index contributed by atoms with van der Waals surface area (Å²) >= 11 is 0. The maximum absolute atomic E-state index is 12.9. The summed E-state index contributed by atoms with van der Waals surface area (Å²) in [4.78, 5) is 4.06. The Hall–Kier alpha value is -2.50. The van der Waals surface area contributed by atoms with Crippen molar-refractivity contribution in [1.29, 1.82) is 0 Å². The first-order valence-corrected chi connectivity index (χ1v) is 7.88. The van der Waals surface area contributed by atoms with Crippen LogP contribution < -0.4 is 5.32 Å². The summed E-state index contributed by atoms with van der Waals surface area (Å²) in [6.45, 7) is 2.44. The molecule has 0 aliphatic heterocycles. The number of rotatable bonds is 6. The van der Waals surface area contributed by atoms with Crippen LogP contribution in [0, 0.1) is 5.82 Å². The zero-order valence-corrected chi connectivity index (χ0v) is 13.4. The number of aliphatic hydroxyl groups is 1. The first-order chi connectivity index (χ1) is 11.6. The van der Waals surface area contributed by atoms with Crippen molar-refractivity contribution in [2.75, 3.05) is 6.54 Å². The van der Waals surface area contributed by atoms with E-state index < -0.39 is 6.10 Å². The summed E-state index contributed by atoms with van der Waals surface area (Å²) in [5.41, 5.74) is 2.86. The van der Waals surface area contributed by atoms with Gasteiger partial charge in [0, 0.05) is 30.7 Å². The molecule has 2 atom stereocenters. The van der Waals surface area contributed by atoms with Crippen LogP contribution in [0.3, 0.4) is 0 Å². The summed E-state index contributed by atoms with van der Waals surface area (Å²) in [6, 6.07) is 14.1. The molecule has 2 N–H and O–H groups in total. The van der Waals surface area contributed by atoms with Gasteiger partial charge in [0.25, 0.3) is 0 Å². The molecule has 24 heavy (non-hydrogen) atoms. The zero-order chi connectivity index (χ0) is 16.9. The first kappa shape index (κ1) is 16.4. The number of benzene rings is 2. The number of nitrogens with one attached hydrogen (secondary N) is 1. The van der Waals surface area contributed by atoms with Gasteiger partial charge in [0.15, 0.2) is 0 Å². The SMILES string of the molecule is C[C@@H](NC[C@@H](O)c1ccc(F)cc1)c1cccc(-n2ccnc2)c1. The Bertz CT molecular complexity index is 772. The predicted molar refractivity (Wildman–Crippen MR) is 91.3 cm³/mol. The Kier molecular flexibility index (Phi) is 5.03. The van der Waals surface area contributed by atoms with Gasteiger partial charge in [-0.2, -0.15) is 0 Å². The van der Waals surface area contributed by atoms with Gasteiger partial charge in [0.2, 0.25) is 0 Å². The van der Waals surface area contributed by atoms with Crippen molar-refractivity contribution < 1.29 is 9.50 Å². The fraction of sp³-hybridized carbons (Fsp3) is 0.211. The third kappa shape index (κ3) is 3.88. The molecule has 124 valence electrons. The minimum absolute atomic E-state index is 0.0727. The smallest absolute Gasteiger partial charge is 0.123 e. The second kappa shape index (κ2) is 7.38. The predicted octanol–water partition coefficient (Wildman–Crippen LogP) is 3.40. The third-order valence-corrected chi connectivity index (χ3v) is 4.04. The van der Waals surface area contributed by atoms with E-state index in [1.165, 1.54) is 12.1 Å². The van der Waals surface area contributed by atoms with E-state index in [1.54, 1.807) is 24.7 Å². The molecule has 0 saturated heterocycles. The number of hydrogen-bond acceptors (Lipinski definition) is 3. The Morgan fingerprint density at radius 1 is 1.17 bits per heavy atom. The molecule has 0 spiro atoms. The van der Waals surface area contributed by atoms with Crippen LogP contribution in [0.25, 0.3) is 5.69 Å². The van der Waals surface area contributed by atoms with E-state index in [1.807, 2.05) is 35.9 Å². The second-order valence-electron chi connectivity index (χ2n) is 5.76. The van der Waals surface area contributed by atoms with E-state index in [0.717, 1.165) is 11.3 Å². The van der Waals surface area contributed by atoms with E-state index in [9.17, 15) is 9.50 Å². The van der Waals surface area contributed by atoms with Crippen molar-refractivity contribution in [3.05, 3.63) is 84.2 Å². The zero-order valence-electron chi connectivity index (χ0n) is 13.4. The van der Waals surface area contributed by atoms with Crippen molar-refractivity contribution in [2.45, 2.75) is 19.1 Å². The van der Waals surface area contributed by atoms with Crippen LogP contribution in [0.4, 0.5) is 4.39 Å². The highest BCUT2D eigenvalue weighted by Crippen LogP contribution is 2.18. The monoisotopic (exact) mass is 325 g/mol. The van der Waals surface area contributed by atoms with Crippen LogP contribution in [-0.4, -0.2) is 21.2 Å². The van der Waals surface area contributed by atoms with E-state index in [0.29, 0.717) is 12.1 Å². The average Bonchev–Trinajstić information content (AvgIpc) is 3.15. The average molecular weight is 325 g/mol. The maximum Gasteiger partial charge on any atom is 0.123 e. The Morgan fingerprint density at radius 3 is 2.67 bits per heavy atom. The molecule has 0 bridgehead atoms. The van der Waals surface area contributed by atoms with Crippen LogP contribution in [-0.2, 0) is 0 Å². The van der Waals surface area contributed by atoms with Crippen LogP contribution in [0.15, 0.2) is 67.3 Å². The minimum Gasteiger partial charge on any atom is -0.387 e. The molecular weight excluding hydrogens is 305 g/mol. The topological polar surface area (TPSA) is 50.1 Å². The molecule has 4 nitrogen and oxygen atoms in total. The molecule has 0 saturated carbocycles. The van der Waals surface area contributed by atoms with Gasteiger partial charge in [-0.3, -0.25) is 0 Å². The molecule has 0 aliphatic carbocycles. The number of halogens is 1. The number of aliphatic hydroxyl groups excluding tert-OH is 1. The van der Waals surface area contributed by atoms with Crippen molar-refractivity contribution in [3.63, 3.8) is 0 Å². The van der Waals surface area contributed by atoms with Crippen LogP contribution in [0.1, 0.15) is 30.2 Å². The second-order valence-corrected chi connectivity index (χ2v) is 5.76. The summed E-state index contributed by atoms with van der Waals surface area (Å²) in [6.07, 6.45) is 4.73. The van der Waals surface area contributed by atoms with Crippen molar-refractivity contribution in [3.8, 4) is 5.69 Å². The largest absolute Gasteiger partial charge is 0.387 e. The Morgan fingerprint density at radius 2 is 1.96 bits per heavy atom. The summed E-state index contributed by atoms with van der Waals surface area (Å²) in [5.74, 6) is -0.302. The summed E-state index contributed by atoms with van der Waals surface area (Å²) < 4.78 is 14.9. The van der Waals surface area contributed by atoms with Crippen LogP contribution in [0.2, 0.25) is 0 Å². The highest BCUT2D eigenvalue weighted by atomic mass is 19.1. The fourth-order valence-electron chi connectivity index (χ4n) is 2.58. The molecule has 1 heterocycles. The van der Waals surface area contributed by atoms with Gasteiger partial charge in [-0.1, -0.05) is 24.3 Å². The normalized spacial score (nSPS) is 13.6. The molecule has 2 aromatic carbocycles. The van der Waals surface area contributed by atoms with Gasteiger partial charge in [-0.25, -0.2) is 9.37 Å². The fourth-order valence-corrected chi connectivity index (χ4v) is 2.58. The molecule has 3 rings (SSSR count). The van der Waals surface area contributed by atoms with E-state index in [2.05, 4.69) is 16.4 Å². The standard InChI is InChI=1S/C19H20FN3O/c1-14(22-12-19(24)15-5-7-17(20)8-6-15)16-3-2-4-18(11-16)23-10-9-21-13-23/h2-11,13-14,19,22,24H,12H2,1H3/t14-,19-/m1/s1. The molecule has 0 amide bonds. The lowest BCUT2D eigenvalue weighted by molar-refractivity contribution is 0.170. The molecule has 0 aliphatic rings. The van der Waals surface area contributed by atoms with Crippen LogP contribution in [0.5, 0.6) is 0 Å². The molecule has 0 unspecified atom stereocenters. The third-order valence-electron chi connectivity index (χ3n) is 4.04. The number of aromatic nitrogens is 2. The molecule has 3 aromatic rings. The summed E-state index contributed by atoms with van der Waals surface area (Å²) in [5, 5.41) is 13.5. The lowest BCUT2D eigenvalue weighted by Crippen LogP contribution is -2.24. The van der Waals surface area contributed by atoms with Crippen molar-refractivity contribution in [2.24, 2.45) is 0 Å². The Balaban J connectivity index is 1.63. The quantitative estimate of drug-likeness (QED) is 0.730. The van der Waals surface area contributed by atoms with Gasteiger partial charge in [0.05, 0.1) is 12.4 Å². The van der Waals surface area contributed by atoms with Gasteiger partial charge < -0.3 is 15.0 Å². The van der Waals surface area contributed by atoms with Gasteiger partial charge >= 0.3 is 0 Å². The molecule has 0 fully saturated rings. The van der Waals surface area contributed by atoms with Gasteiger partial charge in [0.1, 0.15) is 5.82 Å². The van der Waals surface area contributed by atoms with E-state index in [4.69, 9.17) is 0 Å². The van der Waals surface area contributed by atoms with Gasteiger partial charge in [-0.15, -0.1) is 0 Å². The number of imidazole rings is 1.